The highest BCUT2D eigenvalue weighted by Gasteiger charge is 2.35. The lowest BCUT2D eigenvalue weighted by Crippen LogP contribution is -2.56. The average Bonchev–Trinajstić information content (AvgIpc) is 2.59. The second kappa shape index (κ2) is 7.95. The zero-order valence-electron chi connectivity index (χ0n) is 14.0. The van der Waals surface area contributed by atoms with E-state index in [1.54, 1.807) is 18.2 Å². The molecule has 1 N–H and O–H groups in total. The fourth-order valence-electron chi connectivity index (χ4n) is 2.58. The maximum atomic E-state index is 13.4. The van der Waals surface area contributed by atoms with Crippen molar-refractivity contribution in [3.8, 4) is 5.75 Å². The summed E-state index contributed by atoms with van der Waals surface area (Å²) in [6, 6.07) is 11.7. The summed E-state index contributed by atoms with van der Waals surface area (Å²) in [5.74, 6) is -1.57. The lowest BCUT2D eigenvalue weighted by atomic mass is 9.99. The lowest BCUT2D eigenvalue weighted by molar-refractivity contribution is -0.144. The minimum Gasteiger partial charge on any atom is -0.481 e. The monoisotopic (exact) mass is 360 g/mol. The van der Waals surface area contributed by atoms with Crippen molar-refractivity contribution in [3.63, 3.8) is 0 Å². The first-order valence-electron chi connectivity index (χ1n) is 8.20. The molecule has 1 aliphatic heterocycles. The summed E-state index contributed by atoms with van der Waals surface area (Å²) < 4.78 is 31.4. The van der Waals surface area contributed by atoms with Crippen LogP contribution in [0, 0.1) is 17.6 Å². The van der Waals surface area contributed by atoms with Gasteiger partial charge >= 0.3 is 0 Å². The highest BCUT2D eigenvalue weighted by molar-refractivity contribution is 5.85. The molecule has 0 bridgehead atoms. The maximum Gasteiger partial charge on any atom is 0.260 e. The van der Waals surface area contributed by atoms with Crippen LogP contribution in [0.3, 0.4) is 0 Å². The van der Waals surface area contributed by atoms with Crippen LogP contribution >= 0.6 is 0 Å². The van der Waals surface area contributed by atoms with Crippen LogP contribution < -0.4 is 10.1 Å². The third-order valence-electron chi connectivity index (χ3n) is 4.17. The van der Waals surface area contributed by atoms with Gasteiger partial charge in [0.1, 0.15) is 5.82 Å². The molecule has 2 amide bonds. The first kappa shape index (κ1) is 17.8. The number of carbonyl (C=O) groups excluding carboxylic acids is 2. The van der Waals surface area contributed by atoms with Crippen LogP contribution in [0.1, 0.15) is 5.56 Å². The molecule has 3 rings (SSSR count). The molecule has 2 aromatic rings. The molecule has 7 heteroatoms. The van der Waals surface area contributed by atoms with E-state index in [-0.39, 0.29) is 35.9 Å². The highest BCUT2D eigenvalue weighted by atomic mass is 19.1. The topological polar surface area (TPSA) is 58.6 Å². The number of nitrogens with zero attached hydrogens (tertiary/aromatic N) is 1. The molecule has 136 valence electrons. The number of nitrogens with one attached hydrogen (secondary N) is 1. The molecule has 2 aromatic carbocycles. The second-order valence-electron chi connectivity index (χ2n) is 6.06. The number of benzene rings is 2. The highest BCUT2D eigenvalue weighted by Crippen LogP contribution is 2.18. The summed E-state index contributed by atoms with van der Waals surface area (Å²) in [5, 5.41) is 2.76. The summed E-state index contributed by atoms with van der Waals surface area (Å²) in [6.07, 6.45) is 0. The van der Waals surface area contributed by atoms with E-state index in [4.69, 9.17) is 4.74 Å². The fourth-order valence-corrected chi connectivity index (χ4v) is 2.58. The molecule has 0 spiro atoms. The van der Waals surface area contributed by atoms with Gasteiger partial charge < -0.3 is 15.0 Å². The minimum atomic E-state index is -0.526. The third kappa shape index (κ3) is 4.36. The molecule has 1 heterocycles. The van der Waals surface area contributed by atoms with Crippen molar-refractivity contribution < 1.29 is 23.1 Å². The number of amides is 2. The van der Waals surface area contributed by atoms with Crippen molar-refractivity contribution in [3.05, 3.63) is 65.7 Å². The van der Waals surface area contributed by atoms with Crippen LogP contribution in [0.15, 0.2) is 48.5 Å². The Kier molecular flexibility index (Phi) is 5.46. The zero-order valence-corrected chi connectivity index (χ0v) is 14.0. The van der Waals surface area contributed by atoms with Gasteiger partial charge in [0.25, 0.3) is 5.91 Å². The van der Waals surface area contributed by atoms with Crippen molar-refractivity contribution >= 4 is 11.8 Å². The minimum absolute atomic E-state index is 0.0231. The molecule has 0 unspecified atom stereocenters. The number of likely N-dealkylation sites (tertiary alicyclic amines) is 1. The molecule has 26 heavy (non-hydrogen) atoms. The van der Waals surface area contributed by atoms with Crippen LogP contribution in [0.2, 0.25) is 0 Å². The van der Waals surface area contributed by atoms with Gasteiger partial charge in [0.15, 0.2) is 18.2 Å². The molecule has 0 atom stereocenters. The average molecular weight is 360 g/mol. The summed E-state index contributed by atoms with van der Waals surface area (Å²) in [7, 11) is 0. The van der Waals surface area contributed by atoms with E-state index in [2.05, 4.69) is 5.32 Å². The Bertz CT molecular complexity index is 790. The van der Waals surface area contributed by atoms with Gasteiger partial charge in [-0.3, -0.25) is 9.59 Å². The Morgan fingerprint density at radius 1 is 1.08 bits per heavy atom. The van der Waals surface area contributed by atoms with E-state index >= 15 is 0 Å². The van der Waals surface area contributed by atoms with Gasteiger partial charge in [-0.1, -0.05) is 24.3 Å². The Morgan fingerprint density at radius 2 is 1.77 bits per heavy atom. The smallest absolute Gasteiger partial charge is 0.260 e. The second-order valence-corrected chi connectivity index (χ2v) is 6.06. The number of hydrogen-bond acceptors (Lipinski definition) is 3. The molecule has 0 radical (unpaired) electrons. The van der Waals surface area contributed by atoms with E-state index in [0.717, 1.165) is 5.56 Å². The maximum absolute atomic E-state index is 13.4. The molecule has 1 aliphatic rings. The van der Waals surface area contributed by atoms with Crippen molar-refractivity contribution in [2.45, 2.75) is 6.54 Å². The first-order chi connectivity index (χ1) is 12.5. The van der Waals surface area contributed by atoms with Crippen LogP contribution in [0.4, 0.5) is 8.78 Å². The predicted octanol–water partition coefficient (Wildman–Crippen LogP) is 2.12. The van der Waals surface area contributed by atoms with Gasteiger partial charge in [-0.15, -0.1) is 0 Å². The molecular weight excluding hydrogens is 342 g/mol. The number of hydrogen-bond donors (Lipinski definition) is 1. The van der Waals surface area contributed by atoms with Gasteiger partial charge in [0, 0.05) is 19.6 Å². The standard InChI is InChI=1S/C19H18F2N2O3/c20-15-7-5-13(6-8-15)9-22-19(25)14-10-23(11-14)18(24)12-26-17-4-2-1-3-16(17)21/h1-8,14H,9-12H2,(H,22,25). The van der Waals surface area contributed by atoms with Gasteiger partial charge in [0.05, 0.1) is 5.92 Å². The number of para-hydroxylation sites is 1. The van der Waals surface area contributed by atoms with Crippen LogP contribution in [-0.2, 0) is 16.1 Å². The quantitative estimate of drug-likeness (QED) is 0.859. The summed E-state index contributed by atoms with van der Waals surface area (Å²) in [5.41, 5.74) is 0.797. The number of rotatable bonds is 6. The molecule has 0 saturated carbocycles. The predicted molar refractivity (Wildman–Crippen MR) is 90.2 cm³/mol. The van der Waals surface area contributed by atoms with E-state index < -0.39 is 5.82 Å². The lowest BCUT2D eigenvalue weighted by Gasteiger charge is -2.38. The third-order valence-corrected chi connectivity index (χ3v) is 4.17. The van der Waals surface area contributed by atoms with Crippen molar-refractivity contribution in [1.29, 1.82) is 0 Å². The van der Waals surface area contributed by atoms with Crippen molar-refractivity contribution in [2.24, 2.45) is 5.92 Å². The number of carbonyl (C=O) groups is 2. The van der Waals surface area contributed by atoms with E-state index in [9.17, 15) is 18.4 Å². The largest absolute Gasteiger partial charge is 0.481 e. The normalized spacial score (nSPS) is 13.8. The van der Waals surface area contributed by atoms with Crippen LogP contribution in [-0.4, -0.2) is 36.4 Å². The van der Waals surface area contributed by atoms with E-state index in [1.165, 1.54) is 35.2 Å². The van der Waals surface area contributed by atoms with Crippen molar-refractivity contribution in [1.82, 2.24) is 10.2 Å². The molecule has 0 aromatic heterocycles. The van der Waals surface area contributed by atoms with Gasteiger partial charge in [-0.05, 0) is 29.8 Å². The SMILES string of the molecule is O=C(NCc1ccc(F)cc1)C1CN(C(=O)COc2ccccc2F)C1. The molecular formula is C19H18F2N2O3. The molecule has 0 aliphatic carbocycles. The number of ether oxygens (including phenoxy) is 1. The number of halogens is 2. The van der Waals surface area contributed by atoms with Gasteiger partial charge in [0.2, 0.25) is 5.91 Å². The Balaban J connectivity index is 1.39. The first-order valence-corrected chi connectivity index (χ1v) is 8.20. The summed E-state index contributed by atoms with van der Waals surface area (Å²) >= 11 is 0. The molecule has 1 saturated heterocycles. The Morgan fingerprint density at radius 3 is 2.46 bits per heavy atom. The Labute approximate surface area is 149 Å². The van der Waals surface area contributed by atoms with E-state index in [1.807, 2.05) is 0 Å². The van der Waals surface area contributed by atoms with Crippen LogP contribution in [0.5, 0.6) is 5.75 Å². The molecule has 5 nitrogen and oxygen atoms in total. The van der Waals surface area contributed by atoms with Crippen LogP contribution in [0.25, 0.3) is 0 Å². The summed E-state index contributed by atoms with van der Waals surface area (Å²) in [6.45, 7) is 0.633. The fraction of sp³-hybridized carbons (Fsp3) is 0.263. The van der Waals surface area contributed by atoms with Crippen molar-refractivity contribution in [2.75, 3.05) is 19.7 Å². The zero-order chi connectivity index (χ0) is 18.5. The summed E-state index contributed by atoms with van der Waals surface area (Å²) in [4.78, 5) is 25.5. The van der Waals surface area contributed by atoms with E-state index in [0.29, 0.717) is 19.6 Å². The van der Waals surface area contributed by atoms with Gasteiger partial charge in [-0.2, -0.15) is 0 Å². The Hall–Kier alpha value is -2.96. The molecule has 1 fully saturated rings. The van der Waals surface area contributed by atoms with Gasteiger partial charge in [-0.25, -0.2) is 8.78 Å².